The van der Waals surface area contributed by atoms with Crippen molar-refractivity contribution in [2.45, 2.75) is 32.7 Å². The van der Waals surface area contributed by atoms with Crippen molar-refractivity contribution in [3.8, 4) is 0 Å². The van der Waals surface area contributed by atoms with E-state index in [1.54, 1.807) is 12.1 Å². The third-order valence-electron chi connectivity index (χ3n) is 4.19. The third kappa shape index (κ3) is 3.61. The van der Waals surface area contributed by atoms with Crippen LogP contribution in [0.5, 0.6) is 0 Å². The summed E-state index contributed by atoms with van der Waals surface area (Å²) < 4.78 is 0. The number of nitrogens with two attached hydrogens (primary N) is 1. The van der Waals surface area contributed by atoms with Crippen molar-refractivity contribution in [3.05, 3.63) is 34.9 Å². The first kappa shape index (κ1) is 15.5. The normalized spacial score (nSPS) is 15.4. The topological polar surface area (TPSA) is 83.6 Å². The molecular weight excluding hydrogens is 268 g/mol. The van der Waals surface area contributed by atoms with E-state index in [1.807, 2.05) is 17.9 Å². The van der Waals surface area contributed by atoms with Crippen molar-refractivity contribution in [1.29, 1.82) is 0 Å². The van der Waals surface area contributed by atoms with Crippen LogP contribution < -0.4 is 5.73 Å². The first-order valence-electron chi connectivity index (χ1n) is 7.38. The Labute approximate surface area is 124 Å². The summed E-state index contributed by atoms with van der Waals surface area (Å²) in [5.41, 5.74) is 8.00. The van der Waals surface area contributed by atoms with Crippen LogP contribution >= 0.6 is 0 Å². The Balaban J connectivity index is 2.09. The predicted molar refractivity (Wildman–Crippen MR) is 80.0 cm³/mol. The van der Waals surface area contributed by atoms with Gasteiger partial charge in [-0.25, -0.2) is 4.79 Å². The standard InChI is InChI=1S/C16H22N2O3/c1-2-11(9-17)7-15(19)18-6-5-12-3-4-13(16(20)21)8-14(12)10-18/h3-4,8,11H,2,5-7,9-10,17H2,1H3,(H,20,21). The molecule has 2 rings (SSSR count). The van der Waals surface area contributed by atoms with Crippen LogP contribution in [0.2, 0.25) is 0 Å². The Morgan fingerprint density at radius 2 is 2.14 bits per heavy atom. The minimum atomic E-state index is -0.935. The Bertz CT molecular complexity index is 538. The first-order valence-corrected chi connectivity index (χ1v) is 7.38. The van der Waals surface area contributed by atoms with Crippen LogP contribution in [0.1, 0.15) is 41.3 Å². The molecule has 1 aliphatic rings. The molecule has 5 heteroatoms. The number of carboxylic acid groups (broad SMARTS) is 1. The van der Waals surface area contributed by atoms with Crippen LogP contribution in [0.3, 0.4) is 0 Å². The van der Waals surface area contributed by atoms with Crippen molar-refractivity contribution < 1.29 is 14.7 Å². The van der Waals surface area contributed by atoms with Gasteiger partial charge < -0.3 is 15.7 Å². The predicted octanol–water partition coefficient (Wildman–Crippen LogP) is 1.64. The number of fused-ring (bicyclic) bond motifs is 1. The van der Waals surface area contributed by atoms with Gasteiger partial charge in [0.1, 0.15) is 0 Å². The molecule has 0 aromatic heterocycles. The smallest absolute Gasteiger partial charge is 0.335 e. The lowest BCUT2D eigenvalue weighted by atomic mass is 9.96. The van der Waals surface area contributed by atoms with E-state index in [4.69, 9.17) is 10.8 Å². The monoisotopic (exact) mass is 290 g/mol. The van der Waals surface area contributed by atoms with E-state index in [2.05, 4.69) is 0 Å². The summed E-state index contributed by atoms with van der Waals surface area (Å²) in [5.74, 6) is -0.599. The fourth-order valence-electron chi connectivity index (χ4n) is 2.67. The third-order valence-corrected chi connectivity index (χ3v) is 4.19. The van der Waals surface area contributed by atoms with Gasteiger partial charge in [0, 0.05) is 19.5 Å². The Morgan fingerprint density at radius 3 is 2.76 bits per heavy atom. The molecule has 0 aliphatic carbocycles. The minimum Gasteiger partial charge on any atom is -0.478 e. The van der Waals surface area contributed by atoms with Crippen molar-refractivity contribution in [2.24, 2.45) is 11.7 Å². The highest BCUT2D eigenvalue weighted by Gasteiger charge is 2.23. The summed E-state index contributed by atoms with van der Waals surface area (Å²) in [7, 11) is 0. The van der Waals surface area contributed by atoms with Crippen LogP contribution in [-0.2, 0) is 17.8 Å². The number of rotatable bonds is 5. The van der Waals surface area contributed by atoms with Crippen LogP contribution in [0.25, 0.3) is 0 Å². The average molecular weight is 290 g/mol. The number of amides is 1. The van der Waals surface area contributed by atoms with Crippen LogP contribution in [0, 0.1) is 5.92 Å². The summed E-state index contributed by atoms with van der Waals surface area (Å²) in [6.07, 6.45) is 2.15. The molecular formula is C16H22N2O3. The number of benzene rings is 1. The van der Waals surface area contributed by atoms with E-state index < -0.39 is 5.97 Å². The lowest BCUT2D eigenvalue weighted by molar-refractivity contribution is -0.133. The highest BCUT2D eigenvalue weighted by atomic mass is 16.4. The van der Waals surface area contributed by atoms with Crippen molar-refractivity contribution in [1.82, 2.24) is 4.90 Å². The highest BCUT2D eigenvalue weighted by Crippen LogP contribution is 2.22. The number of carboxylic acids is 1. The zero-order valence-corrected chi connectivity index (χ0v) is 12.3. The van der Waals surface area contributed by atoms with Crippen LogP contribution in [0.15, 0.2) is 18.2 Å². The van der Waals surface area contributed by atoms with E-state index in [9.17, 15) is 9.59 Å². The van der Waals surface area contributed by atoms with Gasteiger partial charge in [-0.3, -0.25) is 4.79 Å². The number of carbonyl (C=O) groups excluding carboxylic acids is 1. The molecule has 0 fully saturated rings. The van der Waals surface area contributed by atoms with Crippen LogP contribution in [-0.4, -0.2) is 35.0 Å². The lowest BCUT2D eigenvalue weighted by Gasteiger charge is -2.30. The maximum absolute atomic E-state index is 12.3. The Morgan fingerprint density at radius 1 is 1.38 bits per heavy atom. The summed E-state index contributed by atoms with van der Waals surface area (Å²) in [6.45, 7) is 3.75. The van der Waals surface area contributed by atoms with Gasteiger partial charge in [-0.1, -0.05) is 19.4 Å². The second kappa shape index (κ2) is 6.72. The second-order valence-electron chi connectivity index (χ2n) is 5.57. The zero-order valence-electron chi connectivity index (χ0n) is 12.3. The van der Waals surface area contributed by atoms with Crippen molar-refractivity contribution in [2.75, 3.05) is 13.1 Å². The van der Waals surface area contributed by atoms with Gasteiger partial charge in [0.15, 0.2) is 0 Å². The van der Waals surface area contributed by atoms with E-state index in [1.165, 1.54) is 0 Å². The SMILES string of the molecule is CCC(CN)CC(=O)N1CCc2ccc(C(=O)O)cc2C1. The molecule has 1 atom stereocenters. The van der Waals surface area contributed by atoms with Gasteiger partial charge in [0.2, 0.25) is 5.91 Å². The quantitative estimate of drug-likeness (QED) is 0.863. The van der Waals surface area contributed by atoms with Gasteiger partial charge >= 0.3 is 5.97 Å². The van der Waals surface area contributed by atoms with Gasteiger partial charge in [-0.2, -0.15) is 0 Å². The molecule has 0 saturated carbocycles. The molecule has 0 radical (unpaired) electrons. The van der Waals surface area contributed by atoms with E-state index in [0.29, 0.717) is 26.1 Å². The number of carbonyl (C=O) groups is 2. The summed E-state index contributed by atoms with van der Waals surface area (Å²) in [4.78, 5) is 25.2. The fourth-order valence-corrected chi connectivity index (χ4v) is 2.67. The highest BCUT2D eigenvalue weighted by molar-refractivity contribution is 5.88. The van der Waals surface area contributed by atoms with E-state index >= 15 is 0 Å². The Kier molecular flexibility index (Phi) is 4.96. The number of hydrogen-bond acceptors (Lipinski definition) is 3. The molecule has 114 valence electrons. The maximum atomic E-state index is 12.3. The molecule has 1 aromatic rings. The molecule has 21 heavy (non-hydrogen) atoms. The maximum Gasteiger partial charge on any atom is 0.335 e. The van der Waals surface area contributed by atoms with Crippen molar-refractivity contribution >= 4 is 11.9 Å². The molecule has 1 unspecified atom stereocenters. The largest absolute Gasteiger partial charge is 0.478 e. The fraction of sp³-hybridized carbons (Fsp3) is 0.500. The zero-order chi connectivity index (χ0) is 15.4. The number of nitrogens with zero attached hydrogens (tertiary/aromatic N) is 1. The summed E-state index contributed by atoms with van der Waals surface area (Å²) >= 11 is 0. The molecule has 1 aliphatic heterocycles. The number of aromatic carboxylic acids is 1. The molecule has 5 nitrogen and oxygen atoms in total. The summed E-state index contributed by atoms with van der Waals surface area (Å²) in [6, 6.07) is 5.16. The van der Waals surface area contributed by atoms with Gasteiger partial charge in [-0.15, -0.1) is 0 Å². The van der Waals surface area contributed by atoms with Crippen molar-refractivity contribution in [3.63, 3.8) is 0 Å². The molecule has 0 spiro atoms. The van der Waals surface area contributed by atoms with Gasteiger partial charge in [-0.05, 0) is 42.1 Å². The molecule has 1 heterocycles. The minimum absolute atomic E-state index is 0.110. The number of hydrogen-bond donors (Lipinski definition) is 2. The van der Waals surface area contributed by atoms with E-state index in [0.717, 1.165) is 24.0 Å². The van der Waals surface area contributed by atoms with Crippen LogP contribution in [0.4, 0.5) is 0 Å². The molecule has 1 amide bonds. The second-order valence-corrected chi connectivity index (χ2v) is 5.57. The first-order chi connectivity index (χ1) is 10.0. The molecule has 1 aromatic carbocycles. The van der Waals surface area contributed by atoms with Gasteiger partial charge in [0.25, 0.3) is 0 Å². The lowest BCUT2D eigenvalue weighted by Crippen LogP contribution is -2.37. The van der Waals surface area contributed by atoms with E-state index in [-0.39, 0.29) is 17.4 Å². The molecule has 0 saturated heterocycles. The summed E-state index contributed by atoms with van der Waals surface area (Å²) in [5, 5.41) is 9.05. The molecule has 0 bridgehead atoms. The van der Waals surface area contributed by atoms with Gasteiger partial charge in [0.05, 0.1) is 5.56 Å². The Hall–Kier alpha value is -1.88. The average Bonchev–Trinajstić information content (AvgIpc) is 2.51. The molecule has 3 N–H and O–H groups in total.